The molecule has 1 atom stereocenters. The predicted molar refractivity (Wildman–Crippen MR) is 94.5 cm³/mol. The molecule has 124 valence electrons. The Hall–Kier alpha value is -2.04. The predicted octanol–water partition coefficient (Wildman–Crippen LogP) is 2.78. The number of rotatable bonds is 4. The van der Waals surface area contributed by atoms with E-state index in [1.807, 2.05) is 35.8 Å². The van der Waals surface area contributed by atoms with Crippen molar-refractivity contribution in [1.29, 1.82) is 0 Å². The van der Waals surface area contributed by atoms with Crippen molar-refractivity contribution < 1.29 is 0 Å². The van der Waals surface area contributed by atoms with Crippen molar-refractivity contribution in [3.05, 3.63) is 36.3 Å². The highest BCUT2D eigenvalue weighted by Crippen LogP contribution is 2.23. The lowest BCUT2D eigenvalue weighted by Crippen LogP contribution is -2.39. The molecule has 0 aliphatic carbocycles. The molecule has 5 nitrogen and oxygen atoms in total. The smallest absolute Gasteiger partial charge is 0.193 e. The van der Waals surface area contributed by atoms with Gasteiger partial charge in [-0.25, -0.2) is 4.98 Å². The van der Waals surface area contributed by atoms with E-state index in [4.69, 9.17) is 0 Å². The Morgan fingerprint density at radius 2 is 2.30 bits per heavy atom. The van der Waals surface area contributed by atoms with Crippen molar-refractivity contribution in [3.8, 4) is 0 Å². The molecule has 1 unspecified atom stereocenters. The molecule has 23 heavy (non-hydrogen) atoms. The maximum absolute atomic E-state index is 4.63. The van der Waals surface area contributed by atoms with Gasteiger partial charge >= 0.3 is 0 Å². The van der Waals surface area contributed by atoms with Gasteiger partial charge in [0.1, 0.15) is 5.65 Å². The van der Waals surface area contributed by atoms with Crippen LogP contribution in [0.1, 0.15) is 32.4 Å². The molecule has 0 saturated carbocycles. The maximum atomic E-state index is 4.63. The molecule has 1 aliphatic rings. The summed E-state index contributed by atoms with van der Waals surface area (Å²) in [6, 6.07) is 6.05. The van der Waals surface area contributed by atoms with Crippen LogP contribution in [-0.4, -0.2) is 40.4 Å². The fourth-order valence-electron chi connectivity index (χ4n) is 3.46. The standard InChI is InChI=1S/C18H27N5/c1-14(2)10-15-7-9-23(12-15)18(19-3)20-11-16-13-22-8-5-4-6-17(22)21-16/h4-6,8,13-15H,7,9-12H2,1-3H3,(H,19,20). The first kappa shape index (κ1) is 15.8. The van der Waals surface area contributed by atoms with Gasteiger partial charge in [0.15, 0.2) is 5.96 Å². The second kappa shape index (κ2) is 7.02. The van der Waals surface area contributed by atoms with Crippen molar-refractivity contribution in [3.63, 3.8) is 0 Å². The van der Waals surface area contributed by atoms with Crippen molar-refractivity contribution in [2.24, 2.45) is 16.8 Å². The molecule has 3 rings (SSSR count). The zero-order valence-electron chi connectivity index (χ0n) is 14.4. The second-order valence-electron chi connectivity index (χ2n) is 6.83. The monoisotopic (exact) mass is 313 g/mol. The second-order valence-corrected chi connectivity index (χ2v) is 6.83. The molecule has 1 fully saturated rings. The maximum Gasteiger partial charge on any atom is 0.193 e. The molecule has 0 spiro atoms. The summed E-state index contributed by atoms with van der Waals surface area (Å²) in [4.78, 5) is 11.5. The Balaban J connectivity index is 1.58. The zero-order chi connectivity index (χ0) is 16.2. The highest BCUT2D eigenvalue weighted by atomic mass is 15.3. The first-order chi connectivity index (χ1) is 11.2. The summed E-state index contributed by atoms with van der Waals surface area (Å²) >= 11 is 0. The molecular formula is C18H27N5. The molecule has 5 heteroatoms. The van der Waals surface area contributed by atoms with Gasteiger partial charge in [0.05, 0.1) is 12.2 Å². The van der Waals surface area contributed by atoms with Gasteiger partial charge < -0.3 is 14.6 Å². The molecule has 1 aliphatic heterocycles. The van der Waals surface area contributed by atoms with E-state index in [0.717, 1.165) is 42.2 Å². The van der Waals surface area contributed by atoms with E-state index < -0.39 is 0 Å². The molecule has 2 aromatic heterocycles. The quantitative estimate of drug-likeness (QED) is 0.697. The van der Waals surface area contributed by atoms with Crippen LogP contribution in [0.2, 0.25) is 0 Å². The Kier molecular flexibility index (Phi) is 4.84. The van der Waals surface area contributed by atoms with Crippen LogP contribution in [0, 0.1) is 11.8 Å². The highest BCUT2D eigenvalue weighted by Gasteiger charge is 2.25. The molecule has 3 heterocycles. The Labute approximate surface area is 138 Å². The number of nitrogens with zero attached hydrogens (tertiary/aromatic N) is 4. The largest absolute Gasteiger partial charge is 0.351 e. The zero-order valence-corrected chi connectivity index (χ0v) is 14.4. The summed E-state index contributed by atoms with van der Waals surface area (Å²) in [5.74, 6) is 2.56. The summed E-state index contributed by atoms with van der Waals surface area (Å²) < 4.78 is 2.05. The van der Waals surface area contributed by atoms with E-state index in [9.17, 15) is 0 Å². The van der Waals surface area contributed by atoms with Crippen molar-refractivity contribution >= 4 is 11.6 Å². The van der Waals surface area contributed by atoms with E-state index in [-0.39, 0.29) is 0 Å². The van der Waals surface area contributed by atoms with E-state index in [2.05, 4.69) is 40.2 Å². The summed E-state index contributed by atoms with van der Waals surface area (Å²) in [6.45, 7) is 7.53. The third-order valence-corrected chi connectivity index (χ3v) is 4.44. The number of aliphatic imine (C=N–C) groups is 1. The lowest BCUT2D eigenvalue weighted by atomic mass is 9.97. The fourth-order valence-corrected chi connectivity index (χ4v) is 3.46. The number of guanidine groups is 1. The van der Waals surface area contributed by atoms with Crippen LogP contribution in [0.3, 0.4) is 0 Å². The third-order valence-electron chi connectivity index (χ3n) is 4.44. The molecule has 0 amide bonds. The number of aromatic nitrogens is 2. The van der Waals surface area contributed by atoms with Crippen LogP contribution in [0.15, 0.2) is 35.6 Å². The van der Waals surface area contributed by atoms with Crippen LogP contribution in [0.5, 0.6) is 0 Å². The van der Waals surface area contributed by atoms with Gasteiger partial charge in [0.2, 0.25) is 0 Å². The summed E-state index contributed by atoms with van der Waals surface area (Å²) in [5, 5.41) is 3.46. The minimum atomic E-state index is 0.708. The van der Waals surface area contributed by atoms with Gasteiger partial charge in [0.25, 0.3) is 0 Å². The summed E-state index contributed by atoms with van der Waals surface area (Å²) in [5.41, 5.74) is 2.02. The normalized spacial score (nSPS) is 19.0. The number of hydrogen-bond donors (Lipinski definition) is 1. The van der Waals surface area contributed by atoms with Crippen LogP contribution in [0.25, 0.3) is 5.65 Å². The third kappa shape index (κ3) is 3.84. The SMILES string of the molecule is CN=C(NCc1cn2ccccc2n1)N1CCC(CC(C)C)C1. The van der Waals surface area contributed by atoms with Gasteiger partial charge in [-0.2, -0.15) is 0 Å². The fraction of sp³-hybridized carbons (Fsp3) is 0.556. The summed E-state index contributed by atoms with van der Waals surface area (Å²) in [6.07, 6.45) is 6.67. The van der Waals surface area contributed by atoms with Crippen LogP contribution in [0.4, 0.5) is 0 Å². The van der Waals surface area contributed by atoms with Gasteiger partial charge in [0, 0.05) is 32.5 Å². The van der Waals surface area contributed by atoms with E-state index in [0.29, 0.717) is 6.54 Å². The highest BCUT2D eigenvalue weighted by molar-refractivity contribution is 5.80. The number of nitrogens with one attached hydrogen (secondary N) is 1. The topological polar surface area (TPSA) is 44.9 Å². The minimum Gasteiger partial charge on any atom is -0.351 e. The van der Waals surface area contributed by atoms with Gasteiger partial charge in [-0.15, -0.1) is 0 Å². The van der Waals surface area contributed by atoms with Crippen LogP contribution < -0.4 is 5.32 Å². The van der Waals surface area contributed by atoms with Gasteiger partial charge in [-0.05, 0) is 36.8 Å². The van der Waals surface area contributed by atoms with Crippen LogP contribution in [-0.2, 0) is 6.54 Å². The first-order valence-electron chi connectivity index (χ1n) is 8.54. The number of imidazole rings is 1. The van der Waals surface area contributed by atoms with E-state index >= 15 is 0 Å². The Bertz CT molecular complexity index is 640. The Morgan fingerprint density at radius 3 is 3.04 bits per heavy atom. The number of likely N-dealkylation sites (tertiary alicyclic amines) is 1. The molecular weight excluding hydrogens is 286 g/mol. The average molecular weight is 313 g/mol. The molecule has 2 aromatic rings. The molecule has 0 aromatic carbocycles. The Morgan fingerprint density at radius 1 is 1.43 bits per heavy atom. The minimum absolute atomic E-state index is 0.708. The van der Waals surface area contributed by atoms with Crippen LogP contribution >= 0.6 is 0 Å². The number of fused-ring (bicyclic) bond motifs is 1. The van der Waals surface area contributed by atoms with E-state index in [1.54, 1.807) is 0 Å². The lowest BCUT2D eigenvalue weighted by Gasteiger charge is -2.21. The van der Waals surface area contributed by atoms with Crippen molar-refractivity contribution in [2.45, 2.75) is 33.2 Å². The molecule has 1 saturated heterocycles. The first-order valence-corrected chi connectivity index (χ1v) is 8.54. The van der Waals surface area contributed by atoms with Crippen molar-refractivity contribution in [1.82, 2.24) is 19.6 Å². The van der Waals surface area contributed by atoms with Gasteiger partial charge in [-0.3, -0.25) is 4.99 Å². The molecule has 0 bridgehead atoms. The molecule has 1 N–H and O–H groups in total. The van der Waals surface area contributed by atoms with Gasteiger partial charge in [-0.1, -0.05) is 19.9 Å². The van der Waals surface area contributed by atoms with Crippen molar-refractivity contribution in [2.75, 3.05) is 20.1 Å². The van der Waals surface area contributed by atoms with E-state index in [1.165, 1.54) is 12.8 Å². The number of pyridine rings is 1. The number of hydrogen-bond acceptors (Lipinski definition) is 2. The average Bonchev–Trinajstić information content (AvgIpc) is 3.14. The summed E-state index contributed by atoms with van der Waals surface area (Å²) in [7, 11) is 1.86. The lowest BCUT2D eigenvalue weighted by molar-refractivity contribution is 0.403. The molecule has 0 radical (unpaired) electrons.